The summed E-state index contributed by atoms with van der Waals surface area (Å²) in [7, 11) is 0. The third-order valence-electron chi connectivity index (χ3n) is 3.22. The van der Waals surface area contributed by atoms with Gasteiger partial charge in [-0.1, -0.05) is 18.2 Å². The highest BCUT2D eigenvalue weighted by Crippen LogP contribution is 2.34. The van der Waals surface area contributed by atoms with Crippen LogP contribution < -0.4 is 0 Å². The van der Waals surface area contributed by atoms with Crippen LogP contribution in [0.5, 0.6) is 0 Å². The molecular formula is C16H10N2O. The van der Waals surface area contributed by atoms with Crippen molar-refractivity contribution in [3.63, 3.8) is 0 Å². The van der Waals surface area contributed by atoms with Crippen LogP contribution in [0, 0.1) is 0 Å². The van der Waals surface area contributed by atoms with E-state index >= 15 is 0 Å². The molecular weight excluding hydrogens is 236 g/mol. The molecule has 0 unspecified atom stereocenters. The van der Waals surface area contributed by atoms with Gasteiger partial charge in [-0.05, 0) is 24.3 Å². The summed E-state index contributed by atoms with van der Waals surface area (Å²) < 4.78 is 5.85. The Morgan fingerprint density at radius 3 is 2.68 bits per heavy atom. The number of aromatic nitrogens is 2. The highest BCUT2D eigenvalue weighted by atomic mass is 16.3. The first-order valence-electron chi connectivity index (χ1n) is 6.10. The van der Waals surface area contributed by atoms with Gasteiger partial charge in [0.05, 0.1) is 11.1 Å². The predicted molar refractivity (Wildman–Crippen MR) is 74.7 cm³/mol. The van der Waals surface area contributed by atoms with Gasteiger partial charge in [0.15, 0.2) is 0 Å². The average molecular weight is 246 g/mol. The molecule has 3 heteroatoms. The molecule has 0 bridgehead atoms. The van der Waals surface area contributed by atoms with Crippen LogP contribution in [0.1, 0.15) is 0 Å². The largest absolute Gasteiger partial charge is 0.456 e. The molecule has 0 radical (unpaired) electrons. The van der Waals surface area contributed by atoms with E-state index in [9.17, 15) is 0 Å². The molecule has 3 aromatic heterocycles. The summed E-state index contributed by atoms with van der Waals surface area (Å²) in [6, 6.07) is 13.8. The molecule has 0 saturated heterocycles. The Kier molecular flexibility index (Phi) is 2.12. The van der Waals surface area contributed by atoms with Crippen LogP contribution >= 0.6 is 0 Å². The van der Waals surface area contributed by atoms with Gasteiger partial charge in [-0.15, -0.1) is 0 Å². The van der Waals surface area contributed by atoms with Crippen molar-refractivity contribution in [3.05, 3.63) is 61.1 Å². The molecule has 0 atom stereocenters. The highest BCUT2D eigenvalue weighted by Gasteiger charge is 2.12. The zero-order valence-corrected chi connectivity index (χ0v) is 10.1. The molecule has 0 aliphatic carbocycles. The minimum atomic E-state index is 0.857. The van der Waals surface area contributed by atoms with E-state index < -0.39 is 0 Å². The number of pyridine rings is 2. The van der Waals surface area contributed by atoms with Crippen LogP contribution in [0.4, 0.5) is 0 Å². The van der Waals surface area contributed by atoms with Crippen molar-refractivity contribution in [1.29, 1.82) is 0 Å². The van der Waals surface area contributed by atoms with E-state index in [4.69, 9.17) is 4.42 Å². The van der Waals surface area contributed by atoms with Crippen LogP contribution in [0.25, 0.3) is 33.2 Å². The summed E-state index contributed by atoms with van der Waals surface area (Å²) >= 11 is 0. The average Bonchev–Trinajstić information content (AvgIpc) is 2.86. The fourth-order valence-electron chi connectivity index (χ4n) is 2.39. The number of furan rings is 1. The van der Waals surface area contributed by atoms with Crippen LogP contribution in [0.15, 0.2) is 65.5 Å². The van der Waals surface area contributed by atoms with E-state index in [1.165, 1.54) is 0 Å². The summed E-state index contributed by atoms with van der Waals surface area (Å²) in [6.45, 7) is 0. The first-order chi connectivity index (χ1) is 9.43. The monoisotopic (exact) mass is 246 g/mol. The van der Waals surface area contributed by atoms with E-state index in [2.05, 4.69) is 16.0 Å². The Bertz CT molecular complexity index is 866. The molecule has 19 heavy (non-hydrogen) atoms. The predicted octanol–water partition coefficient (Wildman–Crippen LogP) is 4.04. The lowest BCUT2D eigenvalue weighted by Crippen LogP contribution is -1.84. The van der Waals surface area contributed by atoms with E-state index in [1.807, 2.05) is 42.6 Å². The van der Waals surface area contributed by atoms with Gasteiger partial charge in [0, 0.05) is 29.5 Å². The summed E-state index contributed by atoms with van der Waals surface area (Å²) in [6.07, 6.45) is 5.35. The van der Waals surface area contributed by atoms with Gasteiger partial charge in [-0.2, -0.15) is 0 Å². The molecule has 3 heterocycles. The van der Waals surface area contributed by atoms with Gasteiger partial charge in [-0.25, -0.2) is 0 Å². The van der Waals surface area contributed by atoms with Crippen LogP contribution in [0.2, 0.25) is 0 Å². The second-order valence-electron chi connectivity index (χ2n) is 4.37. The van der Waals surface area contributed by atoms with Crippen molar-refractivity contribution in [2.75, 3.05) is 0 Å². The van der Waals surface area contributed by atoms with E-state index in [-0.39, 0.29) is 0 Å². The Morgan fingerprint density at radius 1 is 0.842 bits per heavy atom. The summed E-state index contributed by atoms with van der Waals surface area (Å²) in [5.41, 5.74) is 3.65. The van der Waals surface area contributed by atoms with Crippen molar-refractivity contribution in [3.8, 4) is 11.3 Å². The molecule has 3 nitrogen and oxygen atoms in total. The van der Waals surface area contributed by atoms with Gasteiger partial charge in [0.25, 0.3) is 0 Å². The third kappa shape index (κ3) is 1.52. The first-order valence-corrected chi connectivity index (χ1v) is 6.10. The number of para-hydroxylation sites is 1. The quantitative estimate of drug-likeness (QED) is 0.508. The van der Waals surface area contributed by atoms with E-state index in [0.29, 0.717) is 0 Å². The second-order valence-corrected chi connectivity index (χ2v) is 4.37. The summed E-state index contributed by atoms with van der Waals surface area (Å²) in [5.74, 6) is 0. The number of hydrogen-bond acceptors (Lipinski definition) is 3. The lowest BCUT2D eigenvalue weighted by molar-refractivity contribution is 0.668. The maximum absolute atomic E-state index is 5.85. The lowest BCUT2D eigenvalue weighted by Gasteiger charge is -2.01. The zero-order valence-electron chi connectivity index (χ0n) is 10.1. The molecule has 0 spiro atoms. The maximum atomic E-state index is 5.85. The van der Waals surface area contributed by atoms with Crippen molar-refractivity contribution in [1.82, 2.24) is 9.97 Å². The molecule has 0 saturated carbocycles. The normalized spacial score (nSPS) is 11.2. The Morgan fingerprint density at radius 2 is 1.79 bits per heavy atom. The molecule has 4 rings (SSSR count). The molecule has 4 aromatic rings. The molecule has 1 aromatic carbocycles. The fraction of sp³-hybridized carbons (Fsp3) is 0. The van der Waals surface area contributed by atoms with Crippen molar-refractivity contribution >= 4 is 21.9 Å². The highest BCUT2D eigenvalue weighted by molar-refractivity contribution is 6.11. The number of rotatable bonds is 1. The minimum Gasteiger partial charge on any atom is -0.456 e. The second kappa shape index (κ2) is 3.92. The van der Waals surface area contributed by atoms with Crippen LogP contribution in [-0.2, 0) is 0 Å². The lowest BCUT2D eigenvalue weighted by atomic mass is 10.1. The summed E-state index contributed by atoms with van der Waals surface area (Å²) in [5, 5.41) is 2.13. The van der Waals surface area contributed by atoms with E-state index in [1.54, 1.807) is 12.4 Å². The minimum absolute atomic E-state index is 0.857. The molecule has 90 valence electrons. The number of nitrogens with zero attached hydrogens (tertiary/aromatic N) is 2. The SMILES string of the molecule is c1cncc(-c2nccc3oc4ccccc4c23)c1. The van der Waals surface area contributed by atoms with Crippen molar-refractivity contribution in [2.24, 2.45) is 0 Å². The van der Waals surface area contributed by atoms with Gasteiger partial charge >= 0.3 is 0 Å². The Hall–Kier alpha value is -2.68. The zero-order chi connectivity index (χ0) is 12.7. The number of hydrogen-bond donors (Lipinski definition) is 0. The molecule has 0 aliphatic heterocycles. The third-order valence-corrected chi connectivity index (χ3v) is 3.22. The fourth-order valence-corrected chi connectivity index (χ4v) is 2.39. The Balaban J connectivity index is 2.17. The number of benzene rings is 1. The van der Waals surface area contributed by atoms with Crippen molar-refractivity contribution < 1.29 is 4.42 Å². The van der Waals surface area contributed by atoms with Gasteiger partial charge < -0.3 is 4.42 Å². The maximum Gasteiger partial charge on any atom is 0.139 e. The topological polar surface area (TPSA) is 38.9 Å². The van der Waals surface area contributed by atoms with Gasteiger partial charge in [-0.3, -0.25) is 9.97 Å². The first kappa shape index (κ1) is 10.3. The van der Waals surface area contributed by atoms with Crippen LogP contribution in [0.3, 0.4) is 0 Å². The van der Waals surface area contributed by atoms with Crippen LogP contribution in [-0.4, -0.2) is 9.97 Å². The molecule has 0 amide bonds. The van der Waals surface area contributed by atoms with E-state index in [0.717, 1.165) is 33.2 Å². The standard InChI is InChI=1S/C16H10N2O/c1-2-6-13-12(5-1)15-14(19-13)7-9-18-16(15)11-4-3-8-17-10-11/h1-10H. The Labute approximate surface area is 109 Å². The molecule has 0 aliphatic rings. The summed E-state index contributed by atoms with van der Waals surface area (Å²) in [4.78, 5) is 8.66. The molecule has 0 fully saturated rings. The number of fused-ring (bicyclic) bond motifs is 3. The smallest absolute Gasteiger partial charge is 0.139 e. The van der Waals surface area contributed by atoms with Crippen molar-refractivity contribution in [2.45, 2.75) is 0 Å². The molecule has 0 N–H and O–H groups in total. The van der Waals surface area contributed by atoms with Gasteiger partial charge in [0.1, 0.15) is 11.2 Å². The van der Waals surface area contributed by atoms with Gasteiger partial charge in [0.2, 0.25) is 0 Å².